The van der Waals surface area contributed by atoms with Crippen molar-refractivity contribution >= 4 is 0 Å². The van der Waals surface area contributed by atoms with Crippen molar-refractivity contribution in [2.45, 2.75) is 56.4 Å². The number of rotatable bonds is 2. The summed E-state index contributed by atoms with van der Waals surface area (Å²) in [6.45, 7) is 1.18. The zero-order valence-corrected chi connectivity index (χ0v) is 11.7. The number of hydrogen-bond acceptors (Lipinski definition) is 2. The normalized spacial score (nSPS) is 29.5. The molecule has 0 aromatic carbocycles. The number of alkyl halides is 9. The van der Waals surface area contributed by atoms with Crippen molar-refractivity contribution < 1.29 is 49.7 Å². The minimum absolute atomic E-state index is 0.386. The van der Waals surface area contributed by atoms with Crippen LogP contribution in [0.3, 0.4) is 0 Å². The molecule has 3 unspecified atom stereocenters. The maximum atomic E-state index is 12.8. The molecule has 0 spiro atoms. The van der Waals surface area contributed by atoms with Crippen LogP contribution in [-0.2, 0) is 0 Å². The van der Waals surface area contributed by atoms with Gasteiger partial charge >= 0.3 is 18.5 Å². The summed E-state index contributed by atoms with van der Waals surface area (Å²) in [6.07, 6.45) is -22.8. The fourth-order valence-electron chi connectivity index (χ4n) is 3.15. The van der Waals surface area contributed by atoms with E-state index in [0.29, 0.717) is 0 Å². The molecule has 2 N–H and O–H groups in total. The highest BCUT2D eigenvalue weighted by molar-refractivity contribution is 5.02. The van der Waals surface area contributed by atoms with Gasteiger partial charge in [0, 0.05) is 5.92 Å². The van der Waals surface area contributed by atoms with Crippen molar-refractivity contribution in [1.82, 2.24) is 0 Å². The van der Waals surface area contributed by atoms with Crippen LogP contribution in [0.5, 0.6) is 0 Å². The first-order chi connectivity index (χ1) is 10.0. The zero-order chi connectivity index (χ0) is 18.4. The minimum atomic E-state index is -6.10. The standard InChI is InChI=1S/C12H15F9O2/c1-5-2-6(8(22)10(13,14)15)4-7(3-5)9(23,11(16,17)18)12(19,20)21/h5-8,22-23H,2-4H2,1H3/t5?,6?,7?,8-/m0/s1. The lowest BCUT2D eigenvalue weighted by atomic mass is 9.67. The molecule has 0 aliphatic heterocycles. The van der Waals surface area contributed by atoms with Gasteiger partial charge in [-0.25, -0.2) is 0 Å². The fourth-order valence-corrected chi connectivity index (χ4v) is 3.15. The molecular weight excluding hydrogens is 347 g/mol. The number of aliphatic hydroxyl groups is 2. The van der Waals surface area contributed by atoms with Gasteiger partial charge in [0.2, 0.25) is 0 Å². The first-order valence-corrected chi connectivity index (χ1v) is 6.62. The third kappa shape index (κ3) is 3.86. The van der Waals surface area contributed by atoms with E-state index in [1.807, 2.05) is 0 Å². The number of aliphatic hydroxyl groups excluding tert-OH is 1. The van der Waals surface area contributed by atoms with Crippen LogP contribution in [0.25, 0.3) is 0 Å². The van der Waals surface area contributed by atoms with Gasteiger partial charge in [-0.15, -0.1) is 0 Å². The van der Waals surface area contributed by atoms with E-state index in [2.05, 4.69) is 0 Å². The van der Waals surface area contributed by atoms with Crippen molar-refractivity contribution in [2.24, 2.45) is 17.8 Å². The van der Waals surface area contributed by atoms with Crippen molar-refractivity contribution in [1.29, 1.82) is 0 Å². The summed E-state index contributed by atoms with van der Waals surface area (Å²) in [6, 6.07) is 0. The van der Waals surface area contributed by atoms with Gasteiger partial charge in [0.05, 0.1) is 0 Å². The summed E-state index contributed by atoms with van der Waals surface area (Å²) >= 11 is 0. The van der Waals surface area contributed by atoms with Crippen molar-refractivity contribution in [3.05, 3.63) is 0 Å². The highest BCUT2D eigenvalue weighted by Crippen LogP contribution is 2.54. The topological polar surface area (TPSA) is 40.5 Å². The minimum Gasteiger partial charge on any atom is -0.383 e. The molecule has 0 amide bonds. The third-order valence-corrected chi connectivity index (χ3v) is 4.22. The van der Waals surface area contributed by atoms with Gasteiger partial charge in [-0.3, -0.25) is 0 Å². The van der Waals surface area contributed by atoms with Crippen molar-refractivity contribution in [2.75, 3.05) is 0 Å². The Hall–Kier alpha value is -0.710. The Balaban J connectivity index is 3.19. The Morgan fingerprint density at radius 1 is 0.826 bits per heavy atom. The fraction of sp³-hybridized carbons (Fsp3) is 1.00. The highest BCUT2D eigenvalue weighted by atomic mass is 19.4. The molecular formula is C12H15F9O2. The first kappa shape index (κ1) is 20.3. The predicted molar refractivity (Wildman–Crippen MR) is 59.1 cm³/mol. The summed E-state index contributed by atoms with van der Waals surface area (Å²) < 4.78 is 114. The summed E-state index contributed by atoms with van der Waals surface area (Å²) in [7, 11) is 0. The van der Waals surface area contributed by atoms with Gasteiger partial charge in [0.25, 0.3) is 5.60 Å². The lowest BCUT2D eigenvalue weighted by molar-refractivity contribution is -0.389. The maximum absolute atomic E-state index is 12.8. The van der Waals surface area contributed by atoms with E-state index in [4.69, 9.17) is 5.11 Å². The number of hydrogen-bond donors (Lipinski definition) is 2. The van der Waals surface area contributed by atoms with Gasteiger partial charge in [-0.05, 0) is 31.1 Å². The molecule has 1 saturated carbocycles. The van der Waals surface area contributed by atoms with Gasteiger partial charge in [0.1, 0.15) is 0 Å². The van der Waals surface area contributed by atoms with Gasteiger partial charge < -0.3 is 10.2 Å². The largest absolute Gasteiger partial charge is 0.426 e. The van der Waals surface area contributed by atoms with E-state index in [1.54, 1.807) is 0 Å². The molecule has 0 saturated heterocycles. The van der Waals surface area contributed by atoms with Crippen LogP contribution < -0.4 is 0 Å². The van der Waals surface area contributed by atoms with E-state index in [9.17, 15) is 44.6 Å². The summed E-state index contributed by atoms with van der Waals surface area (Å²) in [5.41, 5.74) is -5.11. The second-order valence-corrected chi connectivity index (χ2v) is 6.02. The number of halogens is 9. The van der Waals surface area contributed by atoms with E-state index in [0.717, 1.165) is 0 Å². The SMILES string of the molecule is CC1CC([C@H](O)C(F)(F)F)CC(C(O)(C(F)(F)F)C(F)(F)F)C1. The first-order valence-electron chi connectivity index (χ1n) is 6.62. The molecule has 0 radical (unpaired) electrons. The molecule has 2 nitrogen and oxygen atoms in total. The van der Waals surface area contributed by atoms with Crippen LogP contribution in [-0.4, -0.2) is 40.4 Å². The average Bonchev–Trinajstić information content (AvgIpc) is 2.32. The summed E-state index contributed by atoms with van der Waals surface area (Å²) in [4.78, 5) is 0. The Kier molecular flexibility index (Phi) is 5.29. The molecule has 11 heteroatoms. The molecule has 0 heterocycles. The smallest absolute Gasteiger partial charge is 0.383 e. The monoisotopic (exact) mass is 362 g/mol. The quantitative estimate of drug-likeness (QED) is 0.734. The van der Waals surface area contributed by atoms with E-state index in [1.165, 1.54) is 6.92 Å². The molecule has 4 atom stereocenters. The van der Waals surface area contributed by atoms with Crippen molar-refractivity contribution in [3.63, 3.8) is 0 Å². The van der Waals surface area contributed by atoms with Gasteiger partial charge in [0.15, 0.2) is 6.10 Å². The van der Waals surface area contributed by atoms with Crippen LogP contribution in [0.15, 0.2) is 0 Å². The van der Waals surface area contributed by atoms with Gasteiger partial charge in [-0.1, -0.05) is 6.92 Å². The zero-order valence-electron chi connectivity index (χ0n) is 11.7. The lowest BCUT2D eigenvalue weighted by Crippen LogP contribution is -2.63. The Morgan fingerprint density at radius 2 is 1.26 bits per heavy atom. The predicted octanol–water partition coefficient (Wildman–Crippen LogP) is 3.82. The van der Waals surface area contributed by atoms with Crippen LogP contribution in [0, 0.1) is 17.8 Å². The van der Waals surface area contributed by atoms with E-state index >= 15 is 0 Å². The summed E-state index contributed by atoms with van der Waals surface area (Å²) in [5.74, 6) is -5.32. The Labute approximate surface area is 125 Å². The molecule has 0 bridgehead atoms. The molecule has 0 aromatic rings. The van der Waals surface area contributed by atoms with Crippen LogP contribution in [0.2, 0.25) is 0 Å². The molecule has 138 valence electrons. The average molecular weight is 362 g/mol. The maximum Gasteiger partial charge on any atom is 0.426 e. The van der Waals surface area contributed by atoms with E-state index in [-0.39, 0.29) is 6.42 Å². The Bertz CT molecular complexity index is 398. The molecule has 1 aliphatic carbocycles. The summed E-state index contributed by atoms with van der Waals surface area (Å²) in [5, 5.41) is 18.5. The highest BCUT2D eigenvalue weighted by Gasteiger charge is 2.74. The van der Waals surface area contributed by atoms with Crippen LogP contribution >= 0.6 is 0 Å². The molecule has 23 heavy (non-hydrogen) atoms. The second-order valence-electron chi connectivity index (χ2n) is 6.02. The molecule has 1 aliphatic rings. The third-order valence-electron chi connectivity index (χ3n) is 4.22. The molecule has 1 fully saturated rings. The van der Waals surface area contributed by atoms with Gasteiger partial charge in [-0.2, -0.15) is 39.5 Å². The molecule has 1 rings (SSSR count). The van der Waals surface area contributed by atoms with Crippen LogP contribution in [0.1, 0.15) is 26.2 Å². The van der Waals surface area contributed by atoms with Crippen LogP contribution in [0.4, 0.5) is 39.5 Å². The second kappa shape index (κ2) is 5.98. The molecule has 0 aromatic heterocycles. The van der Waals surface area contributed by atoms with E-state index < -0.39 is 60.8 Å². The van der Waals surface area contributed by atoms with Crippen molar-refractivity contribution in [3.8, 4) is 0 Å². The Morgan fingerprint density at radius 3 is 1.61 bits per heavy atom. The lowest BCUT2D eigenvalue weighted by Gasteiger charge is -2.45.